The van der Waals surface area contributed by atoms with Gasteiger partial charge in [-0.1, -0.05) is 0 Å². The van der Waals surface area contributed by atoms with Crippen LogP contribution in [-0.2, 0) is 16.0 Å². The number of hydrogen-bond acceptors (Lipinski definition) is 3. The zero-order valence-corrected chi connectivity index (χ0v) is 8.78. The normalized spacial score (nSPS) is 8.67. The van der Waals surface area contributed by atoms with Crippen molar-refractivity contribution < 1.29 is 14.7 Å². The maximum absolute atomic E-state index is 10.4. The smallest absolute Gasteiger partial charge is 0.300 e. The first-order chi connectivity index (χ1) is 7.02. The summed E-state index contributed by atoms with van der Waals surface area (Å²) in [6.07, 6.45) is 4.19. The molecular weight excluding hydrogens is 198 g/mol. The molecule has 0 aliphatic rings. The lowest BCUT2D eigenvalue weighted by molar-refractivity contribution is -0.134. The van der Waals surface area contributed by atoms with E-state index in [-0.39, 0.29) is 5.91 Å². The van der Waals surface area contributed by atoms with Gasteiger partial charge in [-0.3, -0.25) is 9.59 Å². The number of imidazole rings is 1. The highest BCUT2D eigenvalue weighted by molar-refractivity contribution is 5.72. The second-order valence-electron chi connectivity index (χ2n) is 2.83. The number of H-pyrrole nitrogens is 1. The van der Waals surface area contributed by atoms with Crippen LogP contribution in [0.1, 0.15) is 19.5 Å². The molecule has 0 fully saturated rings. The third kappa shape index (κ3) is 10.1. The van der Waals surface area contributed by atoms with E-state index in [2.05, 4.69) is 15.3 Å². The van der Waals surface area contributed by atoms with Crippen molar-refractivity contribution in [3.8, 4) is 0 Å². The molecule has 0 spiro atoms. The highest BCUT2D eigenvalue weighted by atomic mass is 16.4. The summed E-state index contributed by atoms with van der Waals surface area (Å²) in [5.41, 5.74) is 1.04. The van der Waals surface area contributed by atoms with E-state index in [0.717, 1.165) is 19.0 Å². The van der Waals surface area contributed by atoms with Crippen LogP contribution in [0.3, 0.4) is 0 Å². The van der Waals surface area contributed by atoms with E-state index in [0.29, 0.717) is 6.54 Å². The van der Waals surface area contributed by atoms with Crippen LogP contribution in [0.4, 0.5) is 0 Å². The molecule has 6 heteroatoms. The SMILES string of the molecule is CC(=O)NCCc1cnc[nH]1.CC(=O)O. The average Bonchev–Trinajstić information content (AvgIpc) is 2.54. The zero-order chi connectivity index (χ0) is 11.7. The predicted octanol–water partition coefficient (Wildman–Crippen LogP) is 0.179. The number of amides is 1. The molecule has 0 unspecified atom stereocenters. The molecule has 1 heterocycles. The molecule has 15 heavy (non-hydrogen) atoms. The van der Waals surface area contributed by atoms with Crippen LogP contribution in [-0.4, -0.2) is 33.5 Å². The predicted molar refractivity (Wildman–Crippen MR) is 54.3 cm³/mol. The summed E-state index contributed by atoms with van der Waals surface area (Å²) in [5.74, 6) is -0.829. The molecule has 1 aromatic rings. The van der Waals surface area contributed by atoms with Crippen LogP contribution in [0.15, 0.2) is 12.5 Å². The third-order valence-electron chi connectivity index (χ3n) is 1.32. The van der Waals surface area contributed by atoms with Crippen LogP contribution in [0.5, 0.6) is 0 Å². The summed E-state index contributed by atoms with van der Waals surface area (Å²) in [6.45, 7) is 3.25. The second kappa shape index (κ2) is 7.54. The van der Waals surface area contributed by atoms with Crippen LogP contribution in [0, 0.1) is 0 Å². The molecule has 84 valence electrons. The van der Waals surface area contributed by atoms with Gasteiger partial charge in [-0.25, -0.2) is 4.98 Å². The molecule has 0 saturated carbocycles. The van der Waals surface area contributed by atoms with Crippen LogP contribution in [0.25, 0.3) is 0 Å². The van der Waals surface area contributed by atoms with Crippen molar-refractivity contribution in [2.45, 2.75) is 20.3 Å². The van der Waals surface area contributed by atoms with Crippen molar-refractivity contribution in [2.24, 2.45) is 0 Å². The van der Waals surface area contributed by atoms with E-state index in [1.54, 1.807) is 12.5 Å². The Labute approximate surface area is 87.7 Å². The monoisotopic (exact) mass is 213 g/mol. The Morgan fingerprint density at radius 1 is 1.53 bits per heavy atom. The molecule has 1 rings (SSSR count). The molecule has 0 aromatic carbocycles. The minimum absolute atomic E-state index is 0.00418. The first kappa shape index (κ1) is 13.2. The minimum Gasteiger partial charge on any atom is -0.481 e. The number of aromatic amines is 1. The van der Waals surface area contributed by atoms with Gasteiger partial charge in [-0.2, -0.15) is 0 Å². The van der Waals surface area contributed by atoms with Crippen LogP contribution in [0.2, 0.25) is 0 Å². The van der Waals surface area contributed by atoms with E-state index in [1.165, 1.54) is 6.92 Å². The van der Waals surface area contributed by atoms with Gasteiger partial charge in [0.1, 0.15) is 0 Å². The first-order valence-electron chi connectivity index (χ1n) is 4.43. The van der Waals surface area contributed by atoms with Crippen molar-refractivity contribution in [3.05, 3.63) is 18.2 Å². The quantitative estimate of drug-likeness (QED) is 0.667. The summed E-state index contributed by atoms with van der Waals surface area (Å²) >= 11 is 0. The van der Waals surface area contributed by atoms with Gasteiger partial charge in [-0.15, -0.1) is 0 Å². The lowest BCUT2D eigenvalue weighted by Crippen LogP contribution is -2.22. The molecule has 0 aliphatic heterocycles. The number of carbonyl (C=O) groups excluding carboxylic acids is 1. The van der Waals surface area contributed by atoms with Gasteiger partial charge in [0, 0.05) is 38.7 Å². The Bertz CT molecular complexity index is 292. The van der Waals surface area contributed by atoms with E-state index >= 15 is 0 Å². The Hall–Kier alpha value is -1.85. The Morgan fingerprint density at radius 2 is 2.13 bits per heavy atom. The molecular formula is C9H15N3O3. The first-order valence-corrected chi connectivity index (χ1v) is 4.43. The number of carboxylic acids is 1. The van der Waals surface area contributed by atoms with Gasteiger partial charge in [0.25, 0.3) is 5.97 Å². The minimum atomic E-state index is -0.833. The van der Waals surface area contributed by atoms with Gasteiger partial charge in [-0.05, 0) is 0 Å². The maximum atomic E-state index is 10.4. The zero-order valence-electron chi connectivity index (χ0n) is 8.78. The molecule has 1 amide bonds. The summed E-state index contributed by atoms with van der Waals surface area (Å²) in [4.78, 5) is 26.2. The van der Waals surface area contributed by atoms with Gasteiger partial charge in [0.15, 0.2) is 0 Å². The fraction of sp³-hybridized carbons (Fsp3) is 0.444. The Balaban J connectivity index is 0.000000423. The summed E-state index contributed by atoms with van der Waals surface area (Å²) in [5, 5.41) is 10.1. The van der Waals surface area contributed by atoms with E-state index in [4.69, 9.17) is 9.90 Å². The van der Waals surface area contributed by atoms with Crippen molar-refractivity contribution in [3.63, 3.8) is 0 Å². The topological polar surface area (TPSA) is 95.1 Å². The third-order valence-corrected chi connectivity index (χ3v) is 1.32. The highest BCUT2D eigenvalue weighted by Crippen LogP contribution is 1.89. The number of nitrogens with one attached hydrogen (secondary N) is 2. The molecule has 0 atom stereocenters. The van der Waals surface area contributed by atoms with Crippen molar-refractivity contribution in [2.75, 3.05) is 6.54 Å². The van der Waals surface area contributed by atoms with Gasteiger partial charge in [0.2, 0.25) is 5.91 Å². The lowest BCUT2D eigenvalue weighted by Gasteiger charge is -1.98. The molecule has 0 saturated heterocycles. The fourth-order valence-corrected chi connectivity index (χ4v) is 0.795. The molecule has 0 bridgehead atoms. The van der Waals surface area contributed by atoms with Gasteiger partial charge < -0.3 is 15.4 Å². The number of aromatic nitrogens is 2. The van der Waals surface area contributed by atoms with Crippen molar-refractivity contribution >= 4 is 11.9 Å². The fourth-order valence-electron chi connectivity index (χ4n) is 0.795. The summed E-state index contributed by atoms with van der Waals surface area (Å²) < 4.78 is 0. The largest absolute Gasteiger partial charge is 0.481 e. The van der Waals surface area contributed by atoms with Crippen LogP contribution >= 0.6 is 0 Å². The average molecular weight is 213 g/mol. The van der Waals surface area contributed by atoms with Gasteiger partial charge >= 0.3 is 0 Å². The van der Waals surface area contributed by atoms with E-state index in [9.17, 15) is 4.79 Å². The standard InChI is InChI=1S/C7H11N3O.C2H4O2/c1-6(11)9-3-2-7-4-8-5-10-7;1-2(3)4/h4-5H,2-3H2,1H3,(H,8,10)(H,9,11);1H3,(H,3,4). The maximum Gasteiger partial charge on any atom is 0.300 e. The highest BCUT2D eigenvalue weighted by Gasteiger charge is 1.93. The second-order valence-corrected chi connectivity index (χ2v) is 2.83. The Morgan fingerprint density at radius 3 is 2.53 bits per heavy atom. The Kier molecular flexibility index (Phi) is 6.61. The summed E-state index contributed by atoms with van der Waals surface area (Å²) in [7, 11) is 0. The molecule has 0 radical (unpaired) electrons. The van der Waals surface area contributed by atoms with Crippen molar-refractivity contribution in [1.82, 2.24) is 15.3 Å². The number of aliphatic carboxylic acids is 1. The molecule has 1 aromatic heterocycles. The lowest BCUT2D eigenvalue weighted by atomic mass is 10.3. The number of nitrogens with zero attached hydrogens (tertiary/aromatic N) is 1. The number of carbonyl (C=O) groups is 2. The molecule has 6 nitrogen and oxygen atoms in total. The van der Waals surface area contributed by atoms with Crippen molar-refractivity contribution in [1.29, 1.82) is 0 Å². The molecule has 3 N–H and O–H groups in total. The van der Waals surface area contributed by atoms with Crippen LogP contribution < -0.4 is 5.32 Å². The number of rotatable bonds is 3. The van der Waals surface area contributed by atoms with E-state index < -0.39 is 5.97 Å². The van der Waals surface area contributed by atoms with Gasteiger partial charge in [0.05, 0.1) is 6.33 Å². The molecule has 0 aliphatic carbocycles. The number of hydrogen-bond donors (Lipinski definition) is 3. The van der Waals surface area contributed by atoms with E-state index in [1.807, 2.05) is 0 Å². The summed E-state index contributed by atoms with van der Waals surface area (Å²) in [6, 6.07) is 0. The number of carboxylic acid groups (broad SMARTS) is 1.